The Balaban J connectivity index is 1.65. The molecule has 1 aliphatic heterocycles. The van der Waals surface area contributed by atoms with Crippen LogP contribution < -0.4 is 10.6 Å². The molecular formula is C22H21F2N5O2. The lowest BCUT2D eigenvalue weighted by molar-refractivity contribution is 0.0989. The number of rotatable bonds is 5. The van der Waals surface area contributed by atoms with E-state index in [4.69, 9.17) is 5.73 Å². The van der Waals surface area contributed by atoms with Crippen molar-refractivity contribution in [3.63, 3.8) is 0 Å². The molecule has 9 heteroatoms. The van der Waals surface area contributed by atoms with Crippen LogP contribution in [0.3, 0.4) is 0 Å². The number of hydrogen-bond acceptors (Lipinski definition) is 7. The quantitative estimate of drug-likeness (QED) is 0.606. The summed E-state index contributed by atoms with van der Waals surface area (Å²) in [5.41, 5.74) is 6.85. The number of β-amino-alcohol motifs (C(OH)–C–C–N with tert-alkyl or cyclic N) is 1. The number of carbonyl (C=O) groups is 1. The van der Waals surface area contributed by atoms with Gasteiger partial charge in [0.1, 0.15) is 17.3 Å². The molecule has 7 nitrogen and oxygen atoms in total. The average molecular weight is 425 g/mol. The molecule has 4 rings (SSSR count). The smallest absolute Gasteiger partial charge is 0.187 e. The maximum absolute atomic E-state index is 14.1. The molecule has 0 spiro atoms. The molecule has 0 amide bonds. The highest BCUT2D eigenvalue weighted by atomic mass is 19.1. The van der Waals surface area contributed by atoms with Gasteiger partial charge in [0, 0.05) is 43.2 Å². The molecule has 3 heterocycles. The van der Waals surface area contributed by atoms with Gasteiger partial charge >= 0.3 is 0 Å². The predicted octanol–water partition coefficient (Wildman–Crippen LogP) is 2.79. The van der Waals surface area contributed by atoms with Gasteiger partial charge in [0.2, 0.25) is 0 Å². The van der Waals surface area contributed by atoms with Gasteiger partial charge in [-0.1, -0.05) is 6.07 Å². The first-order chi connectivity index (χ1) is 14.9. The maximum atomic E-state index is 14.1. The van der Waals surface area contributed by atoms with Gasteiger partial charge < -0.3 is 15.7 Å². The second-order valence-electron chi connectivity index (χ2n) is 7.44. The number of aromatic nitrogens is 3. The number of hydrogen-bond donors (Lipinski definition) is 2. The number of anilines is 2. The number of benzene rings is 1. The molecule has 0 bridgehead atoms. The van der Waals surface area contributed by atoms with Crippen molar-refractivity contribution in [2.24, 2.45) is 0 Å². The fourth-order valence-corrected chi connectivity index (χ4v) is 3.74. The number of ketones is 1. The van der Waals surface area contributed by atoms with E-state index in [1.54, 1.807) is 18.5 Å². The van der Waals surface area contributed by atoms with Gasteiger partial charge in [-0.25, -0.2) is 18.7 Å². The molecule has 0 aliphatic carbocycles. The molecule has 3 N–H and O–H groups in total. The Morgan fingerprint density at radius 1 is 1.23 bits per heavy atom. The number of Topliss-reactive ketones (excluding diaryl/α,β-unsaturated/α-hetero) is 1. The normalized spacial score (nSPS) is 16.4. The summed E-state index contributed by atoms with van der Waals surface area (Å²) in [6.07, 6.45) is 5.48. The number of nitrogens with two attached hydrogens (primary N) is 1. The van der Waals surface area contributed by atoms with Crippen LogP contribution in [-0.2, 0) is 6.42 Å². The summed E-state index contributed by atoms with van der Waals surface area (Å²) in [6.45, 7) is 1.23. The molecule has 1 atom stereocenters. The third-order valence-corrected chi connectivity index (χ3v) is 5.23. The maximum Gasteiger partial charge on any atom is 0.187 e. The van der Waals surface area contributed by atoms with Crippen molar-refractivity contribution in [2.75, 3.05) is 23.7 Å². The first-order valence-electron chi connectivity index (χ1n) is 9.90. The molecular weight excluding hydrogens is 404 g/mol. The zero-order valence-electron chi connectivity index (χ0n) is 16.6. The van der Waals surface area contributed by atoms with Crippen molar-refractivity contribution >= 4 is 17.2 Å². The standard InChI is InChI=1S/C22H21F2N5O2/c23-15-4-1-5-16(24)20(15)22-27-11-17(25)21(28-22)19(31)9-13-10-26-7-6-18(13)29-8-2-3-14(30)12-29/h1,4-7,10-11,14,30H,2-3,8-9,12,25H2/t14-/m0/s1. The van der Waals surface area contributed by atoms with E-state index in [9.17, 15) is 18.7 Å². The van der Waals surface area contributed by atoms with Crippen LogP contribution in [0.1, 0.15) is 28.9 Å². The van der Waals surface area contributed by atoms with Crippen molar-refractivity contribution in [3.8, 4) is 11.4 Å². The van der Waals surface area contributed by atoms with Gasteiger partial charge in [0.25, 0.3) is 0 Å². The van der Waals surface area contributed by atoms with Crippen LogP contribution in [0.25, 0.3) is 11.4 Å². The van der Waals surface area contributed by atoms with E-state index in [-0.39, 0.29) is 23.6 Å². The van der Waals surface area contributed by atoms with Crippen molar-refractivity contribution in [3.05, 3.63) is 65.7 Å². The molecule has 1 aromatic carbocycles. The first-order valence-corrected chi connectivity index (χ1v) is 9.90. The Kier molecular flexibility index (Phi) is 5.85. The zero-order valence-corrected chi connectivity index (χ0v) is 16.6. The van der Waals surface area contributed by atoms with Gasteiger partial charge in [0.05, 0.1) is 23.6 Å². The van der Waals surface area contributed by atoms with Crippen molar-refractivity contribution < 1.29 is 18.7 Å². The average Bonchev–Trinajstić information content (AvgIpc) is 2.75. The lowest BCUT2D eigenvalue weighted by Crippen LogP contribution is -2.38. The highest BCUT2D eigenvalue weighted by molar-refractivity contribution is 6.00. The lowest BCUT2D eigenvalue weighted by atomic mass is 10.0. The van der Waals surface area contributed by atoms with Gasteiger partial charge in [-0.05, 0) is 31.0 Å². The number of carbonyl (C=O) groups excluding carboxylic acids is 1. The number of aliphatic hydroxyl groups excluding tert-OH is 1. The Labute approximate surface area is 177 Å². The van der Waals surface area contributed by atoms with Crippen molar-refractivity contribution in [2.45, 2.75) is 25.4 Å². The highest BCUT2D eigenvalue weighted by Crippen LogP contribution is 2.27. The Morgan fingerprint density at radius 3 is 2.74 bits per heavy atom. The summed E-state index contributed by atoms with van der Waals surface area (Å²) in [5, 5.41) is 9.99. The van der Waals surface area contributed by atoms with Gasteiger partial charge in [-0.3, -0.25) is 9.78 Å². The predicted molar refractivity (Wildman–Crippen MR) is 112 cm³/mol. The molecule has 3 aromatic rings. The van der Waals surface area contributed by atoms with Crippen molar-refractivity contribution in [1.29, 1.82) is 0 Å². The minimum Gasteiger partial charge on any atom is -0.396 e. The van der Waals surface area contributed by atoms with E-state index in [1.165, 1.54) is 12.3 Å². The van der Waals surface area contributed by atoms with Gasteiger partial charge in [-0.15, -0.1) is 0 Å². The van der Waals surface area contributed by atoms with E-state index in [1.807, 2.05) is 4.90 Å². The number of nitrogen functional groups attached to an aromatic ring is 1. The van der Waals surface area contributed by atoms with Crippen LogP contribution in [-0.4, -0.2) is 45.0 Å². The summed E-state index contributed by atoms with van der Waals surface area (Å²) >= 11 is 0. The fraction of sp³-hybridized carbons (Fsp3) is 0.273. The highest BCUT2D eigenvalue weighted by Gasteiger charge is 2.23. The third-order valence-electron chi connectivity index (χ3n) is 5.23. The molecule has 0 radical (unpaired) electrons. The first kappa shape index (κ1) is 20.8. The summed E-state index contributed by atoms with van der Waals surface area (Å²) in [4.78, 5) is 27.1. The SMILES string of the molecule is Nc1cnc(-c2c(F)cccc2F)nc1C(=O)Cc1cnccc1N1CCC[C@H](O)C1. The summed E-state index contributed by atoms with van der Waals surface area (Å²) in [5.74, 6) is -2.34. The third kappa shape index (κ3) is 4.36. The van der Waals surface area contributed by atoms with Crippen LogP contribution in [0.2, 0.25) is 0 Å². The summed E-state index contributed by atoms with van der Waals surface area (Å²) < 4.78 is 28.3. The van der Waals surface area contributed by atoms with Crippen LogP contribution in [0.4, 0.5) is 20.2 Å². The number of aliphatic hydroxyl groups is 1. The molecule has 1 saturated heterocycles. The number of nitrogens with zero attached hydrogens (tertiary/aromatic N) is 4. The van der Waals surface area contributed by atoms with E-state index < -0.39 is 29.1 Å². The topological polar surface area (TPSA) is 105 Å². The number of piperidine rings is 1. The van der Waals surface area contributed by atoms with E-state index in [2.05, 4.69) is 15.0 Å². The number of halogens is 2. The van der Waals surface area contributed by atoms with Crippen LogP contribution in [0, 0.1) is 11.6 Å². The molecule has 1 fully saturated rings. The Morgan fingerprint density at radius 2 is 2.00 bits per heavy atom. The van der Waals surface area contributed by atoms with Crippen LogP contribution in [0.5, 0.6) is 0 Å². The van der Waals surface area contributed by atoms with Crippen molar-refractivity contribution in [1.82, 2.24) is 15.0 Å². The monoisotopic (exact) mass is 425 g/mol. The molecule has 160 valence electrons. The zero-order chi connectivity index (χ0) is 22.0. The largest absolute Gasteiger partial charge is 0.396 e. The second-order valence-corrected chi connectivity index (χ2v) is 7.44. The summed E-state index contributed by atoms with van der Waals surface area (Å²) in [6, 6.07) is 5.21. The van der Waals surface area contributed by atoms with Crippen LogP contribution in [0.15, 0.2) is 42.9 Å². The van der Waals surface area contributed by atoms with E-state index >= 15 is 0 Å². The fourth-order valence-electron chi connectivity index (χ4n) is 3.74. The number of pyridine rings is 1. The second kappa shape index (κ2) is 8.73. The van der Waals surface area contributed by atoms with Gasteiger partial charge in [0.15, 0.2) is 11.6 Å². The van der Waals surface area contributed by atoms with Gasteiger partial charge in [-0.2, -0.15) is 0 Å². The lowest BCUT2D eigenvalue weighted by Gasteiger charge is -2.33. The Hall–Kier alpha value is -3.46. The van der Waals surface area contributed by atoms with E-state index in [0.29, 0.717) is 12.1 Å². The van der Waals surface area contributed by atoms with E-state index in [0.717, 1.165) is 37.2 Å². The molecule has 31 heavy (non-hydrogen) atoms. The molecule has 0 saturated carbocycles. The van der Waals surface area contributed by atoms with Crippen LogP contribution >= 0.6 is 0 Å². The minimum absolute atomic E-state index is 0.0179. The minimum atomic E-state index is -0.832. The molecule has 2 aromatic heterocycles. The molecule has 1 aliphatic rings. The molecule has 0 unspecified atom stereocenters. The Bertz CT molecular complexity index is 1100. The summed E-state index contributed by atoms with van der Waals surface area (Å²) in [7, 11) is 0.